The zero-order valence-electron chi connectivity index (χ0n) is 19.4. The molecule has 1 aliphatic rings. The van der Waals surface area contributed by atoms with Gasteiger partial charge in [-0.05, 0) is 69.4 Å². The molecule has 0 N–H and O–H groups in total. The molecule has 0 bridgehead atoms. The third kappa shape index (κ3) is 5.00. The molecule has 3 aromatic rings. The summed E-state index contributed by atoms with van der Waals surface area (Å²) in [6.07, 6.45) is 2.10. The van der Waals surface area contributed by atoms with Crippen molar-refractivity contribution in [2.75, 3.05) is 38.6 Å². The molecule has 1 aromatic carbocycles. The maximum atomic E-state index is 13.9. The zero-order valence-corrected chi connectivity index (χ0v) is 21.9. The number of nitrogens with zero attached hydrogens (tertiary/aromatic N) is 4. The van der Waals surface area contributed by atoms with Crippen LogP contribution in [0.25, 0.3) is 10.2 Å². The van der Waals surface area contributed by atoms with E-state index in [1.807, 2.05) is 25.9 Å². The van der Waals surface area contributed by atoms with Crippen LogP contribution in [0.15, 0.2) is 33.9 Å². The number of likely N-dealkylation sites (N-methyl/N-ethyl adjacent to an activating group) is 1. The predicted octanol–water partition coefficient (Wildman–Crippen LogP) is 4.11. The van der Waals surface area contributed by atoms with Crippen LogP contribution in [0.4, 0.5) is 5.13 Å². The number of benzene rings is 1. The number of carbonyl (C=O) groups is 1. The number of rotatable bonds is 7. The number of thiazole rings is 1. The van der Waals surface area contributed by atoms with Crippen molar-refractivity contribution in [1.29, 1.82) is 0 Å². The Bertz CT molecular complexity index is 1240. The summed E-state index contributed by atoms with van der Waals surface area (Å²) in [7, 11) is 0.202. The molecule has 1 aliphatic heterocycles. The number of hydrogen-bond donors (Lipinski definition) is 0. The summed E-state index contributed by atoms with van der Waals surface area (Å²) >= 11 is 2.68. The van der Waals surface area contributed by atoms with Gasteiger partial charge in [-0.1, -0.05) is 29.9 Å². The Morgan fingerprint density at radius 3 is 2.70 bits per heavy atom. The summed E-state index contributed by atoms with van der Waals surface area (Å²) < 4.78 is 29.4. The molecule has 1 saturated heterocycles. The van der Waals surface area contributed by atoms with E-state index in [9.17, 15) is 13.2 Å². The van der Waals surface area contributed by atoms with Crippen LogP contribution in [-0.4, -0.2) is 68.3 Å². The van der Waals surface area contributed by atoms with Crippen molar-refractivity contribution < 1.29 is 13.2 Å². The number of aryl methyl sites for hydroxylation is 2. The van der Waals surface area contributed by atoms with Gasteiger partial charge in [0.05, 0.1) is 10.2 Å². The van der Waals surface area contributed by atoms with Crippen LogP contribution in [0.2, 0.25) is 0 Å². The van der Waals surface area contributed by atoms with Gasteiger partial charge in [-0.3, -0.25) is 9.69 Å². The molecule has 4 rings (SSSR count). The van der Waals surface area contributed by atoms with E-state index >= 15 is 0 Å². The van der Waals surface area contributed by atoms with Crippen molar-refractivity contribution in [3.63, 3.8) is 0 Å². The van der Waals surface area contributed by atoms with E-state index in [4.69, 9.17) is 4.98 Å². The molecule has 1 unspecified atom stereocenters. The van der Waals surface area contributed by atoms with Gasteiger partial charge in [-0.2, -0.15) is 4.31 Å². The second kappa shape index (κ2) is 9.79. The number of piperidine rings is 1. The minimum atomic E-state index is -3.72. The van der Waals surface area contributed by atoms with Crippen LogP contribution in [0, 0.1) is 13.8 Å². The highest BCUT2D eigenvalue weighted by Gasteiger charge is 2.40. The number of hydrogen-bond acceptors (Lipinski definition) is 7. The number of anilines is 1. The first-order valence-corrected chi connectivity index (χ1v) is 14.2. The van der Waals surface area contributed by atoms with E-state index < -0.39 is 16.1 Å². The van der Waals surface area contributed by atoms with Crippen molar-refractivity contribution in [2.24, 2.45) is 0 Å². The van der Waals surface area contributed by atoms with Crippen molar-refractivity contribution in [1.82, 2.24) is 14.2 Å². The molecule has 7 nitrogen and oxygen atoms in total. The number of aromatic nitrogens is 1. The molecule has 2 aromatic heterocycles. The Labute approximate surface area is 203 Å². The Kier molecular flexibility index (Phi) is 7.20. The summed E-state index contributed by atoms with van der Waals surface area (Å²) in [6, 6.07) is 6.80. The van der Waals surface area contributed by atoms with E-state index in [2.05, 4.69) is 19.1 Å². The number of carbonyl (C=O) groups excluding carboxylic acids is 1. The summed E-state index contributed by atoms with van der Waals surface area (Å²) in [5, 5.41) is 2.38. The fourth-order valence-electron chi connectivity index (χ4n) is 4.22. The van der Waals surface area contributed by atoms with Gasteiger partial charge in [-0.15, -0.1) is 11.3 Å². The summed E-state index contributed by atoms with van der Waals surface area (Å²) in [4.78, 5) is 22.5. The van der Waals surface area contributed by atoms with Crippen LogP contribution < -0.4 is 4.90 Å². The van der Waals surface area contributed by atoms with E-state index in [1.165, 1.54) is 27.0 Å². The standard InChI is InChI=1S/C23H30N4O3S3/c1-16-14-17(2)21-19(15-16)32-23(24-21)26(12-11-25(3)4)22(28)18-8-5-6-10-27(18)33(29,30)20-9-7-13-31-20/h7,9,13-15,18H,5-6,8,10-12H2,1-4H3. The summed E-state index contributed by atoms with van der Waals surface area (Å²) in [5.74, 6) is -0.190. The quantitative estimate of drug-likeness (QED) is 0.482. The number of fused-ring (bicyclic) bond motifs is 1. The molecule has 0 aliphatic carbocycles. The molecule has 178 valence electrons. The van der Waals surface area contributed by atoms with E-state index in [-0.39, 0.29) is 10.1 Å². The first kappa shape index (κ1) is 24.3. The molecule has 0 spiro atoms. The molecule has 0 radical (unpaired) electrons. The van der Waals surface area contributed by atoms with Crippen LogP contribution in [-0.2, 0) is 14.8 Å². The van der Waals surface area contributed by atoms with Crippen LogP contribution >= 0.6 is 22.7 Å². The number of amides is 1. The molecule has 1 amide bonds. The smallest absolute Gasteiger partial charge is 0.253 e. The second-order valence-electron chi connectivity index (χ2n) is 8.78. The number of thiophene rings is 1. The fourth-order valence-corrected chi connectivity index (χ4v) is 8.16. The Morgan fingerprint density at radius 1 is 1.21 bits per heavy atom. The van der Waals surface area contributed by atoms with E-state index in [0.717, 1.165) is 34.2 Å². The highest BCUT2D eigenvalue weighted by atomic mass is 32.2. The highest BCUT2D eigenvalue weighted by Crippen LogP contribution is 2.34. The third-order valence-corrected chi connectivity index (χ3v) is 10.2. The van der Waals surface area contributed by atoms with Gasteiger partial charge in [0.15, 0.2) is 5.13 Å². The molecule has 1 atom stereocenters. The number of sulfonamides is 1. The van der Waals surface area contributed by atoms with Gasteiger partial charge in [0, 0.05) is 19.6 Å². The van der Waals surface area contributed by atoms with Gasteiger partial charge >= 0.3 is 0 Å². The first-order valence-electron chi connectivity index (χ1n) is 11.1. The SMILES string of the molecule is Cc1cc(C)c2nc(N(CCN(C)C)C(=O)C3CCCCN3S(=O)(=O)c3cccs3)sc2c1. The minimum Gasteiger partial charge on any atom is -0.308 e. The Morgan fingerprint density at radius 2 is 2.00 bits per heavy atom. The molecule has 3 heterocycles. The predicted molar refractivity (Wildman–Crippen MR) is 136 cm³/mol. The molecular formula is C23H30N4O3S3. The van der Waals surface area contributed by atoms with Gasteiger partial charge in [-0.25, -0.2) is 13.4 Å². The lowest BCUT2D eigenvalue weighted by Crippen LogP contribution is -2.53. The van der Waals surface area contributed by atoms with Crippen molar-refractivity contribution in [2.45, 2.75) is 43.4 Å². The lowest BCUT2D eigenvalue weighted by Gasteiger charge is -2.36. The van der Waals surface area contributed by atoms with Gasteiger partial charge in [0.2, 0.25) is 5.91 Å². The van der Waals surface area contributed by atoms with Gasteiger partial charge in [0.25, 0.3) is 10.0 Å². The average molecular weight is 507 g/mol. The van der Waals surface area contributed by atoms with Crippen molar-refractivity contribution >= 4 is 54.0 Å². The molecule has 33 heavy (non-hydrogen) atoms. The summed E-state index contributed by atoms with van der Waals surface area (Å²) in [6.45, 7) is 5.55. The van der Waals surface area contributed by atoms with Crippen LogP contribution in [0.1, 0.15) is 30.4 Å². The Hall–Kier alpha value is -1.85. The van der Waals surface area contributed by atoms with E-state index in [0.29, 0.717) is 31.2 Å². The minimum absolute atomic E-state index is 0.190. The maximum Gasteiger partial charge on any atom is 0.253 e. The van der Waals surface area contributed by atoms with Crippen LogP contribution in [0.3, 0.4) is 0 Å². The third-order valence-electron chi connectivity index (χ3n) is 5.88. The van der Waals surface area contributed by atoms with Crippen molar-refractivity contribution in [3.8, 4) is 0 Å². The maximum absolute atomic E-state index is 13.9. The Balaban J connectivity index is 1.72. The highest BCUT2D eigenvalue weighted by molar-refractivity contribution is 7.91. The zero-order chi connectivity index (χ0) is 23.8. The largest absolute Gasteiger partial charge is 0.308 e. The molecule has 1 fully saturated rings. The second-order valence-corrected chi connectivity index (χ2v) is 12.9. The van der Waals surface area contributed by atoms with Gasteiger partial charge in [0.1, 0.15) is 10.3 Å². The van der Waals surface area contributed by atoms with E-state index in [1.54, 1.807) is 22.4 Å². The van der Waals surface area contributed by atoms with Gasteiger partial charge < -0.3 is 4.90 Å². The average Bonchev–Trinajstić information content (AvgIpc) is 3.44. The molecule has 0 saturated carbocycles. The van der Waals surface area contributed by atoms with Crippen LogP contribution in [0.5, 0.6) is 0 Å². The molecule has 10 heteroatoms. The summed E-state index contributed by atoms with van der Waals surface area (Å²) in [5.41, 5.74) is 3.13. The molecular weight excluding hydrogens is 476 g/mol. The monoisotopic (exact) mass is 506 g/mol. The van der Waals surface area contributed by atoms with Crippen molar-refractivity contribution in [3.05, 3.63) is 40.8 Å². The topological polar surface area (TPSA) is 73.8 Å². The first-order chi connectivity index (χ1) is 15.7. The normalized spacial score (nSPS) is 17.7. The lowest BCUT2D eigenvalue weighted by molar-refractivity contribution is -0.123. The fraction of sp³-hybridized carbons (Fsp3) is 0.478. The lowest BCUT2D eigenvalue weighted by atomic mass is 10.0.